The molecule has 0 bridgehead atoms. The monoisotopic (exact) mass is 1090 g/mol. The maximum Gasteiger partial charge on any atom is 0.338 e. The van der Waals surface area contributed by atoms with Crippen LogP contribution in [0.3, 0.4) is 0 Å². The van der Waals surface area contributed by atoms with Crippen LogP contribution >= 0.6 is 61.8 Å². The predicted octanol–water partition coefficient (Wildman–Crippen LogP) is 7.61. The molecule has 2 aliphatic rings. The number of amides is 2. The lowest BCUT2D eigenvalue weighted by atomic mass is 10.1. The van der Waals surface area contributed by atoms with Gasteiger partial charge in [-0.25, -0.2) is 33.5 Å². The highest BCUT2D eigenvalue weighted by Crippen LogP contribution is 2.24. The van der Waals surface area contributed by atoms with E-state index in [-0.39, 0.29) is 33.0 Å². The Bertz CT molecular complexity index is 2920. The van der Waals surface area contributed by atoms with Crippen molar-refractivity contribution in [1.29, 1.82) is 0 Å². The first-order valence-corrected chi connectivity index (χ1v) is 24.7. The molecule has 69 heavy (non-hydrogen) atoms. The lowest BCUT2D eigenvalue weighted by molar-refractivity contribution is 0.0593. The van der Waals surface area contributed by atoms with Crippen LogP contribution < -0.4 is 9.60 Å². The number of carbonyl (C=O) groups is 3. The van der Waals surface area contributed by atoms with Gasteiger partial charge >= 0.3 is 5.97 Å². The highest BCUT2D eigenvalue weighted by molar-refractivity contribution is 9.10. The van der Waals surface area contributed by atoms with E-state index in [1.807, 2.05) is 44.4 Å². The normalized spacial score (nSPS) is 15.0. The van der Waals surface area contributed by atoms with E-state index in [0.717, 1.165) is 15.0 Å². The van der Waals surface area contributed by atoms with Gasteiger partial charge in [0, 0.05) is 107 Å². The van der Waals surface area contributed by atoms with Gasteiger partial charge in [-0.15, -0.1) is 22.7 Å². The minimum atomic E-state index is -0.704. The summed E-state index contributed by atoms with van der Waals surface area (Å²) in [5.41, 5.74) is 1.84. The molecule has 16 nitrogen and oxygen atoms in total. The molecule has 6 heterocycles. The van der Waals surface area contributed by atoms with E-state index in [1.165, 1.54) is 54.0 Å². The average molecular weight is 1090 g/mol. The molecule has 2 aliphatic heterocycles. The van der Waals surface area contributed by atoms with Gasteiger partial charge in [0.25, 0.3) is 11.8 Å². The smallest absolute Gasteiger partial charge is 0.338 e. The molecule has 0 saturated carbocycles. The van der Waals surface area contributed by atoms with Crippen molar-refractivity contribution in [2.75, 3.05) is 73.7 Å². The van der Waals surface area contributed by atoms with Crippen molar-refractivity contribution in [1.82, 2.24) is 38.7 Å². The lowest BCUT2D eigenvalue weighted by Gasteiger charge is -2.34. The number of benzene rings is 2. The number of carbonyl (C=O) groups excluding carboxylic acids is 3. The quantitative estimate of drug-likeness (QED) is 0.106. The van der Waals surface area contributed by atoms with E-state index in [1.54, 1.807) is 48.3 Å². The molecule has 2 saturated heterocycles. The van der Waals surface area contributed by atoms with E-state index < -0.39 is 17.6 Å². The number of ether oxygens (including phenoxy) is 3. The van der Waals surface area contributed by atoms with Crippen LogP contribution in [0.2, 0.25) is 10.0 Å². The molecule has 2 amide bonds. The van der Waals surface area contributed by atoms with E-state index >= 15 is 0 Å². The number of halogens is 5. The lowest BCUT2D eigenvalue weighted by Crippen LogP contribution is -2.48. The topological polar surface area (TPSA) is 152 Å². The first kappa shape index (κ1) is 51.6. The van der Waals surface area contributed by atoms with Crippen molar-refractivity contribution in [2.45, 2.75) is 26.6 Å². The summed E-state index contributed by atoms with van der Waals surface area (Å²) in [4.78, 5) is 65.4. The molecule has 6 aromatic rings. The van der Waals surface area contributed by atoms with Crippen LogP contribution in [0.4, 0.5) is 20.4 Å². The molecular formula is C46H47BrCl2F2N10O6S2. The van der Waals surface area contributed by atoms with Crippen molar-refractivity contribution in [2.24, 2.45) is 9.98 Å². The van der Waals surface area contributed by atoms with E-state index in [0.29, 0.717) is 107 Å². The maximum absolute atomic E-state index is 14.3. The SMILES string of the molecule is COCn1ccsc1=Nc1cc(Br)cc(CN2CCN(C(=O)c3cccc(Cl)c3F)CC2)n1.COCn1ccsc1=Nc1cc(C(=O)OC)cc(CN2CCN(C(=O)c3cccc(Cl)c3F)CC2)n1. The number of aromatic nitrogens is 4. The maximum atomic E-state index is 14.3. The van der Waals surface area contributed by atoms with Gasteiger partial charge in [-0.2, -0.15) is 0 Å². The Labute approximate surface area is 422 Å². The van der Waals surface area contributed by atoms with Crippen LogP contribution in [-0.2, 0) is 40.8 Å². The van der Waals surface area contributed by atoms with Gasteiger partial charge < -0.3 is 24.0 Å². The van der Waals surface area contributed by atoms with Crippen LogP contribution in [0, 0.1) is 11.6 Å². The Morgan fingerprint density at radius 1 is 0.667 bits per heavy atom. The van der Waals surface area contributed by atoms with Gasteiger partial charge in [0.1, 0.15) is 13.5 Å². The number of nitrogens with zero attached hydrogens (tertiary/aromatic N) is 10. The van der Waals surface area contributed by atoms with Crippen LogP contribution in [-0.4, -0.2) is 130 Å². The van der Waals surface area contributed by atoms with E-state index in [9.17, 15) is 23.2 Å². The number of hydrogen-bond donors (Lipinski definition) is 0. The summed E-state index contributed by atoms with van der Waals surface area (Å²) >= 11 is 18.1. The number of pyridine rings is 2. The minimum Gasteiger partial charge on any atom is -0.465 e. The van der Waals surface area contributed by atoms with E-state index in [4.69, 9.17) is 42.4 Å². The molecule has 0 atom stereocenters. The summed E-state index contributed by atoms with van der Waals surface area (Å²) in [5, 5.41) is 3.72. The third-order valence-corrected chi connectivity index (χ3v) is 13.5. The average Bonchev–Trinajstić information content (AvgIpc) is 3.98. The fourth-order valence-electron chi connectivity index (χ4n) is 7.42. The van der Waals surface area contributed by atoms with Gasteiger partial charge in [-0.05, 0) is 48.5 Å². The zero-order valence-corrected chi connectivity index (χ0v) is 42.4. The number of esters is 1. The first-order valence-electron chi connectivity index (χ1n) is 21.4. The highest BCUT2D eigenvalue weighted by Gasteiger charge is 2.27. The van der Waals surface area contributed by atoms with Crippen LogP contribution in [0.25, 0.3) is 0 Å². The van der Waals surface area contributed by atoms with Gasteiger partial charge in [0.05, 0.1) is 45.2 Å². The minimum absolute atomic E-state index is 0.00940. The molecule has 8 rings (SSSR count). The third-order valence-electron chi connectivity index (χ3n) is 10.8. The zero-order valence-electron chi connectivity index (χ0n) is 37.7. The van der Waals surface area contributed by atoms with Crippen molar-refractivity contribution in [3.05, 3.63) is 148 Å². The fourth-order valence-corrected chi connectivity index (χ4v) is 9.69. The fraction of sp³-hybridized carbons (Fsp3) is 0.326. The van der Waals surface area contributed by atoms with Crippen molar-refractivity contribution >= 4 is 91.2 Å². The molecule has 0 unspecified atom stereocenters. The number of thiazole rings is 2. The van der Waals surface area contributed by atoms with Gasteiger partial charge in [0.2, 0.25) is 0 Å². The van der Waals surface area contributed by atoms with Crippen LogP contribution in [0.1, 0.15) is 42.5 Å². The Balaban J connectivity index is 0.000000205. The summed E-state index contributed by atoms with van der Waals surface area (Å²) < 4.78 is 48.4. The summed E-state index contributed by atoms with van der Waals surface area (Å²) in [7, 11) is 4.56. The van der Waals surface area contributed by atoms with Crippen LogP contribution in [0.15, 0.2) is 98.3 Å². The largest absolute Gasteiger partial charge is 0.465 e. The molecule has 0 radical (unpaired) electrons. The number of piperazine rings is 2. The molecule has 23 heteroatoms. The Morgan fingerprint density at radius 2 is 1.12 bits per heavy atom. The van der Waals surface area contributed by atoms with Crippen LogP contribution in [0.5, 0.6) is 0 Å². The van der Waals surface area contributed by atoms with Crippen molar-refractivity contribution in [3.8, 4) is 0 Å². The Hall–Kier alpha value is -5.23. The zero-order chi connectivity index (χ0) is 49.0. The molecule has 2 aromatic carbocycles. The predicted molar refractivity (Wildman–Crippen MR) is 262 cm³/mol. The summed E-state index contributed by atoms with van der Waals surface area (Å²) in [6.45, 7) is 6.12. The second kappa shape index (κ2) is 24.6. The molecule has 2 fully saturated rings. The summed E-state index contributed by atoms with van der Waals surface area (Å²) in [5.74, 6) is -1.59. The summed E-state index contributed by atoms with van der Waals surface area (Å²) in [6.07, 6.45) is 3.77. The molecule has 0 N–H and O–H groups in total. The van der Waals surface area contributed by atoms with Crippen molar-refractivity contribution in [3.63, 3.8) is 0 Å². The Morgan fingerprint density at radius 3 is 1.57 bits per heavy atom. The van der Waals surface area contributed by atoms with Gasteiger partial charge in [-0.1, -0.05) is 51.3 Å². The third kappa shape index (κ3) is 13.6. The molecule has 4 aromatic heterocycles. The number of hydrogen-bond acceptors (Lipinski definition) is 14. The first-order chi connectivity index (χ1) is 33.3. The Kier molecular flexibility index (Phi) is 18.4. The second-order valence-corrected chi connectivity index (χ2v) is 19.0. The standard InChI is InChI=1S/C24H25ClFN5O4S.C22H22BrClFN5O2S/c1-34-15-31-10-11-36-24(31)28-20-13-16(23(33)35-2)12-17(27-20)14-29-6-8-30(9-7-29)22(32)18-4-3-5-19(25)21(18)26;1-32-14-30-9-10-33-22(30)27-19-12-15(23)11-16(26-19)13-28-5-7-29(8-6-28)21(31)17-3-2-4-18(24)20(17)25/h3-5,10-13H,6-9,14-15H2,1-2H3;2-4,9-12H,5-8,13-14H2,1H3. The van der Waals surface area contributed by atoms with E-state index in [2.05, 4.69) is 40.7 Å². The molecule has 364 valence electrons. The molecule has 0 spiro atoms. The van der Waals surface area contributed by atoms with Gasteiger partial charge in [-0.3, -0.25) is 28.5 Å². The van der Waals surface area contributed by atoms with Crippen molar-refractivity contribution < 1.29 is 37.4 Å². The van der Waals surface area contributed by atoms with Gasteiger partial charge in [0.15, 0.2) is 32.9 Å². The second-order valence-electron chi connectivity index (χ2n) is 15.5. The number of methoxy groups -OCH3 is 3. The highest BCUT2D eigenvalue weighted by atomic mass is 79.9. The molecular weight excluding hydrogens is 1040 g/mol. The summed E-state index contributed by atoms with van der Waals surface area (Å²) in [6, 6.07) is 16.0. The number of rotatable bonds is 13. The molecule has 0 aliphatic carbocycles.